The Kier molecular flexibility index (Phi) is 4.01. The van der Waals surface area contributed by atoms with Crippen molar-refractivity contribution in [2.45, 2.75) is 6.92 Å². The third-order valence-electron chi connectivity index (χ3n) is 3.03. The van der Waals surface area contributed by atoms with Gasteiger partial charge in [-0.3, -0.25) is 14.9 Å². The molecule has 0 fully saturated rings. The molecule has 0 saturated heterocycles. The second kappa shape index (κ2) is 6.28. The molecule has 1 amide bonds. The number of aromatic nitrogens is 3. The van der Waals surface area contributed by atoms with E-state index in [1.165, 1.54) is 24.5 Å². The number of non-ortho nitro benzene ring substituents is 1. The number of nitrogens with one attached hydrogen (secondary N) is 1. The predicted octanol–water partition coefficient (Wildman–Crippen LogP) is 1.85. The van der Waals surface area contributed by atoms with Crippen LogP contribution in [0.3, 0.4) is 0 Å². The van der Waals surface area contributed by atoms with Crippen LogP contribution in [0, 0.1) is 17.0 Å². The lowest BCUT2D eigenvalue weighted by atomic mass is 10.2. The number of benzene rings is 1. The van der Waals surface area contributed by atoms with Gasteiger partial charge in [0, 0.05) is 18.2 Å². The molecule has 2 aromatic heterocycles. The molecule has 0 saturated carbocycles. The number of hydrogen-bond donors (Lipinski definition) is 1. The molecule has 10 nitrogen and oxygen atoms in total. The largest absolute Gasteiger partial charge is 0.467 e. The van der Waals surface area contributed by atoms with Gasteiger partial charge < -0.3 is 14.6 Å². The molecule has 1 N–H and O–H groups in total. The molecule has 10 heteroatoms. The molecule has 3 rings (SSSR count). The van der Waals surface area contributed by atoms with Crippen molar-refractivity contribution in [3.63, 3.8) is 0 Å². The lowest BCUT2D eigenvalue weighted by Crippen LogP contribution is -2.20. The zero-order chi connectivity index (χ0) is 17.1. The van der Waals surface area contributed by atoms with Crippen molar-refractivity contribution in [1.82, 2.24) is 15.1 Å². The van der Waals surface area contributed by atoms with Crippen LogP contribution in [0.25, 0.3) is 10.9 Å². The van der Waals surface area contributed by atoms with E-state index in [0.717, 1.165) is 0 Å². The summed E-state index contributed by atoms with van der Waals surface area (Å²) in [6.45, 7) is 1.39. The smallest absolute Gasteiger partial charge is 0.271 e. The average molecular weight is 329 g/mol. The van der Waals surface area contributed by atoms with E-state index in [2.05, 4.69) is 20.4 Å². The summed E-state index contributed by atoms with van der Waals surface area (Å²) in [7, 11) is 0. The van der Waals surface area contributed by atoms with Crippen LogP contribution < -0.4 is 10.1 Å². The molecule has 0 unspecified atom stereocenters. The van der Waals surface area contributed by atoms with Crippen LogP contribution in [0.1, 0.15) is 5.76 Å². The van der Waals surface area contributed by atoms with Gasteiger partial charge in [0.05, 0.1) is 15.8 Å². The van der Waals surface area contributed by atoms with E-state index in [-0.39, 0.29) is 24.0 Å². The molecule has 0 aliphatic heterocycles. The lowest BCUT2D eigenvalue weighted by molar-refractivity contribution is -0.384. The topological polar surface area (TPSA) is 133 Å². The molecule has 0 aliphatic carbocycles. The first-order chi connectivity index (χ1) is 11.5. The standard InChI is InChI=1S/C14H11N5O5/c1-8-4-12(18-24-8)17-13(20)6-23-14-10-3-2-9(19(21)22)5-11(10)15-7-16-14/h2-5,7H,6H2,1H3,(H,17,18,20). The molecule has 0 spiro atoms. The zero-order valence-electron chi connectivity index (χ0n) is 12.4. The summed E-state index contributed by atoms with van der Waals surface area (Å²) in [4.78, 5) is 30.0. The SMILES string of the molecule is Cc1cc(NC(=O)COc2ncnc3cc([N+](=O)[O-])ccc23)no1. The number of ether oxygens (including phenoxy) is 1. The number of nitro groups is 1. The van der Waals surface area contributed by atoms with E-state index in [0.29, 0.717) is 16.7 Å². The number of nitrogens with zero attached hydrogens (tertiary/aromatic N) is 4. The van der Waals surface area contributed by atoms with E-state index in [1.54, 1.807) is 13.0 Å². The fourth-order valence-electron chi connectivity index (χ4n) is 1.99. The lowest BCUT2D eigenvalue weighted by Gasteiger charge is -2.07. The van der Waals surface area contributed by atoms with Crippen LogP contribution in [0.15, 0.2) is 35.1 Å². The number of rotatable bonds is 5. The first kappa shape index (κ1) is 15.3. The fourth-order valence-corrected chi connectivity index (χ4v) is 1.99. The third kappa shape index (κ3) is 3.27. The van der Waals surface area contributed by atoms with Crippen LogP contribution in [-0.2, 0) is 4.79 Å². The average Bonchev–Trinajstić information content (AvgIpc) is 2.97. The molecule has 0 radical (unpaired) electrons. The highest BCUT2D eigenvalue weighted by Gasteiger charge is 2.13. The molecule has 2 heterocycles. The molecule has 3 aromatic rings. The van der Waals surface area contributed by atoms with Gasteiger partial charge in [0.15, 0.2) is 12.4 Å². The van der Waals surface area contributed by atoms with Crippen LogP contribution in [0.4, 0.5) is 11.5 Å². The van der Waals surface area contributed by atoms with Gasteiger partial charge in [-0.15, -0.1) is 0 Å². The Bertz CT molecular complexity index is 923. The van der Waals surface area contributed by atoms with E-state index in [4.69, 9.17) is 9.26 Å². The number of aryl methyl sites for hydroxylation is 1. The van der Waals surface area contributed by atoms with Crippen molar-refractivity contribution in [2.24, 2.45) is 0 Å². The monoisotopic (exact) mass is 329 g/mol. The molecular formula is C14H11N5O5. The maximum Gasteiger partial charge on any atom is 0.271 e. The van der Waals surface area contributed by atoms with Gasteiger partial charge in [-0.1, -0.05) is 5.16 Å². The molecule has 0 bridgehead atoms. The van der Waals surface area contributed by atoms with Crippen molar-refractivity contribution >= 4 is 28.3 Å². The van der Waals surface area contributed by atoms with Crippen LogP contribution >= 0.6 is 0 Å². The maximum atomic E-state index is 11.8. The summed E-state index contributed by atoms with van der Waals surface area (Å²) in [5, 5.41) is 17.4. The van der Waals surface area contributed by atoms with E-state index < -0.39 is 10.8 Å². The second-order valence-corrected chi connectivity index (χ2v) is 4.80. The van der Waals surface area contributed by atoms with Gasteiger partial charge in [0.1, 0.15) is 12.1 Å². The molecule has 0 aliphatic rings. The minimum absolute atomic E-state index is 0.0914. The Balaban J connectivity index is 1.73. The molecule has 24 heavy (non-hydrogen) atoms. The van der Waals surface area contributed by atoms with Crippen molar-refractivity contribution in [1.29, 1.82) is 0 Å². The Hall–Kier alpha value is -3.56. The number of carbonyl (C=O) groups excluding carboxylic acids is 1. The Morgan fingerprint density at radius 3 is 2.92 bits per heavy atom. The fraction of sp³-hybridized carbons (Fsp3) is 0.143. The highest BCUT2D eigenvalue weighted by Crippen LogP contribution is 2.25. The molecule has 0 atom stereocenters. The normalized spacial score (nSPS) is 10.5. The van der Waals surface area contributed by atoms with Crippen LogP contribution in [0.5, 0.6) is 5.88 Å². The number of anilines is 1. The second-order valence-electron chi connectivity index (χ2n) is 4.80. The predicted molar refractivity (Wildman–Crippen MR) is 81.6 cm³/mol. The van der Waals surface area contributed by atoms with Gasteiger partial charge >= 0.3 is 0 Å². The number of nitro benzene ring substituents is 1. The van der Waals surface area contributed by atoms with Gasteiger partial charge in [-0.2, -0.15) is 0 Å². The molecule has 1 aromatic carbocycles. The molecule has 122 valence electrons. The summed E-state index contributed by atoms with van der Waals surface area (Å²) in [5.74, 6) is 0.553. The first-order valence-electron chi connectivity index (χ1n) is 6.78. The summed E-state index contributed by atoms with van der Waals surface area (Å²) in [6.07, 6.45) is 1.21. The quantitative estimate of drug-likeness (QED) is 0.553. The minimum atomic E-state index is -0.518. The van der Waals surface area contributed by atoms with Crippen LogP contribution in [0.2, 0.25) is 0 Å². The van der Waals surface area contributed by atoms with Crippen molar-refractivity contribution in [2.75, 3.05) is 11.9 Å². The zero-order valence-corrected chi connectivity index (χ0v) is 12.4. The maximum absolute atomic E-state index is 11.8. The summed E-state index contributed by atoms with van der Waals surface area (Å²) < 4.78 is 10.2. The Morgan fingerprint density at radius 1 is 1.38 bits per heavy atom. The summed E-state index contributed by atoms with van der Waals surface area (Å²) in [6, 6.07) is 5.66. The van der Waals surface area contributed by atoms with E-state index >= 15 is 0 Å². The van der Waals surface area contributed by atoms with Crippen molar-refractivity contribution in [3.8, 4) is 5.88 Å². The van der Waals surface area contributed by atoms with E-state index in [1.807, 2.05) is 0 Å². The number of amides is 1. The number of carbonyl (C=O) groups is 1. The highest BCUT2D eigenvalue weighted by molar-refractivity contribution is 5.91. The van der Waals surface area contributed by atoms with Crippen molar-refractivity contribution < 1.29 is 19.0 Å². The first-order valence-corrected chi connectivity index (χ1v) is 6.78. The van der Waals surface area contributed by atoms with Gasteiger partial charge in [-0.05, 0) is 13.0 Å². The summed E-state index contributed by atoms with van der Waals surface area (Å²) >= 11 is 0. The van der Waals surface area contributed by atoms with Gasteiger partial charge in [0.2, 0.25) is 5.88 Å². The summed E-state index contributed by atoms with van der Waals surface area (Å²) in [5.41, 5.74) is 0.257. The van der Waals surface area contributed by atoms with Crippen molar-refractivity contribution in [3.05, 3.63) is 46.5 Å². The van der Waals surface area contributed by atoms with Gasteiger partial charge in [-0.25, -0.2) is 9.97 Å². The Morgan fingerprint density at radius 2 is 2.21 bits per heavy atom. The minimum Gasteiger partial charge on any atom is -0.467 e. The highest BCUT2D eigenvalue weighted by atomic mass is 16.6. The number of fused-ring (bicyclic) bond motifs is 1. The Labute approximate surface area is 134 Å². The van der Waals surface area contributed by atoms with Crippen LogP contribution in [-0.4, -0.2) is 32.6 Å². The third-order valence-corrected chi connectivity index (χ3v) is 3.03. The van der Waals surface area contributed by atoms with Gasteiger partial charge in [0.25, 0.3) is 11.6 Å². The van der Waals surface area contributed by atoms with E-state index in [9.17, 15) is 14.9 Å². The number of hydrogen-bond acceptors (Lipinski definition) is 8. The molecular weight excluding hydrogens is 318 g/mol.